The van der Waals surface area contributed by atoms with Crippen LogP contribution in [0.15, 0.2) is 0 Å². The third kappa shape index (κ3) is 1.32. The van der Waals surface area contributed by atoms with Crippen molar-refractivity contribution in [2.24, 2.45) is 29.1 Å². The number of rotatable bonds is 2. The average molecular weight is 224 g/mol. The molecule has 4 aliphatic rings. The summed E-state index contributed by atoms with van der Waals surface area (Å²) in [6.45, 7) is 3.87. The quantitative estimate of drug-likeness (QED) is 0.755. The summed E-state index contributed by atoms with van der Waals surface area (Å²) >= 11 is 0. The van der Waals surface area contributed by atoms with Gasteiger partial charge in [0, 0.05) is 5.41 Å². The lowest BCUT2D eigenvalue weighted by molar-refractivity contribution is -0.188. The Balaban J connectivity index is 1.98. The smallest absolute Gasteiger partial charge is 0.0572 e. The second kappa shape index (κ2) is 3.46. The first-order chi connectivity index (χ1) is 7.53. The van der Waals surface area contributed by atoms with E-state index in [0.717, 1.165) is 24.7 Å². The third-order valence-electron chi connectivity index (χ3n) is 5.80. The normalized spacial score (nSPS) is 54.0. The minimum absolute atomic E-state index is 0.0446. The van der Waals surface area contributed by atoms with E-state index in [9.17, 15) is 10.2 Å². The molecule has 0 saturated heterocycles. The number of aliphatic hydroxyl groups excluding tert-OH is 2. The van der Waals surface area contributed by atoms with Gasteiger partial charge in [0.05, 0.1) is 12.2 Å². The Kier molecular flexibility index (Phi) is 2.38. The molecule has 0 aromatic carbocycles. The maximum absolute atomic E-state index is 10.2. The van der Waals surface area contributed by atoms with E-state index < -0.39 is 0 Å². The SMILES string of the molecule is CC(O)C1C2CC3CC(C2)CC1(C(C)O)C3. The Hall–Kier alpha value is -0.0800. The van der Waals surface area contributed by atoms with E-state index in [2.05, 4.69) is 0 Å². The van der Waals surface area contributed by atoms with Gasteiger partial charge in [0.1, 0.15) is 0 Å². The highest BCUT2D eigenvalue weighted by Gasteiger charge is 2.59. The van der Waals surface area contributed by atoms with Gasteiger partial charge in [0.2, 0.25) is 0 Å². The van der Waals surface area contributed by atoms with Crippen molar-refractivity contribution >= 4 is 0 Å². The predicted molar refractivity (Wildman–Crippen MR) is 62.8 cm³/mol. The first-order valence-corrected chi connectivity index (χ1v) is 6.89. The van der Waals surface area contributed by atoms with Crippen LogP contribution in [0.5, 0.6) is 0 Å². The van der Waals surface area contributed by atoms with Crippen molar-refractivity contribution in [2.45, 2.75) is 58.2 Å². The Morgan fingerprint density at radius 2 is 1.56 bits per heavy atom. The number of hydrogen-bond acceptors (Lipinski definition) is 2. The maximum atomic E-state index is 10.2. The van der Waals surface area contributed by atoms with Gasteiger partial charge in [0.25, 0.3) is 0 Å². The van der Waals surface area contributed by atoms with E-state index >= 15 is 0 Å². The van der Waals surface area contributed by atoms with Gasteiger partial charge in [0.15, 0.2) is 0 Å². The van der Waals surface area contributed by atoms with Gasteiger partial charge < -0.3 is 10.2 Å². The zero-order valence-electron chi connectivity index (χ0n) is 10.4. The first kappa shape index (κ1) is 11.0. The largest absolute Gasteiger partial charge is 0.393 e. The van der Waals surface area contributed by atoms with Crippen molar-refractivity contribution in [1.29, 1.82) is 0 Å². The van der Waals surface area contributed by atoms with Crippen LogP contribution >= 0.6 is 0 Å². The molecule has 4 rings (SSSR count). The Bertz CT molecular complexity index is 270. The van der Waals surface area contributed by atoms with Crippen LogP contribution in [0.2, 0.25) is 0 Å². The van der Waals surface area contributed by atoms with Crippen molar-refractivity contribution in [3.05, 3.63) is 0 Å². The summed E-state index contributed by atoms with van der Waals surface area (Å²) in [5.41, 5.74) is 0.0446. The predicted octanol–water partition coefficient (Wildman–Crippen LogP) is 2.19. The molecule has 92 valence electrons. The maximum Gasteiger partial charge on any atom is 0.0572 e. The van der Waals surface area contributed by atoms with Gasteiger partial charge >= 0.3 is 0 Å². The Labute approximate surface area is 98.1 Å². The molecule has 0 radical (unpaired) electrons. The van der Waals surface area contributed by atoms with Crippen LogP contribution < -0.4 is 0 Å². The monoisotopic (exact) mass is 224 g/mol. The van der Waals surface area contributed by atoms with E-state index in [4.69, 9.17) is 0 Å². The van der Waals surface area contributed by atoms with Crippen LogP contribution in [-0.2, 0) is 0 Å². The molecule has 2 N–H and O–H groups in total. The van der Waals surface area contributed by atoms with Crippen LogP contribution in [0.4, 0.5) is 0 Å². The van der Waals surface area contributed by atoms with Gasteiger partial charge in [-0.25, -0.2) is 0 Å². The highest BCUT2D eigenvalue weighted by atomic mass is 16.3. The van der Waals surface area contributed by atoms with E-state index in [1.54, 1.807) is 0 Å². The summed E-state index contributed by atoms with van der Waals surface area (Å²) in [5, 5.41) is 20.3. The molecule has 4 aliphatic carbocycles. The van der Waals surface area contributed by atoms with Crippen LogP contribution in [0.1, 0.15) is 46.0 Å². The van der Waals surface area contributed by atoms with Gasteiger partial charge in [-0.3, -0.25) is 0 Å². The van der Waals surface area contributed by atoms with E-state index in [1.807, 2.05) is 13.8 Å². The molecule has 2 heteroatoms. The molecule has 0 aliphatic heterocycles. The van der Waals surface area contributed by atoms with Gasteiger partial charge in [-0.15, -0.1) is 0 Å². The lowest BCUT2D eigenvalue weighted by atomic mass is 9.43. The fraction of sp³-hybridized carbons (Fsp3) is 1.00. The van der Waals surface area contributed by atoms with Gasteiger partial charge in [-0.2, -0.15) is 0 Å². The molecule has 0 heterocycles. The highest BCUT2D eigenvalue weighted by Crippen LogP contribution is 2.64. The van der Waals surface area contributed by atoms with Crippen molar-refractivity contribution in [3.8, 4) is 0 Å². The fourth-order valence-corrected chi connectivity index (χ4v) is 5.64. The van der Waals surface area contributed by atoms with Crippen LogP contribution in [0.3, 0.4) is 0 Å². The van der Waals surface area contributed by atoms with Crippen molar-refractivity contribution < 1.29 is 10.2 Å². The molecule has 5 atom stereocenters. The summed E-state index contributed by atoms with van der Waals surface area (Å²) in [4.78, 5) is 0. The summed E-state index contributed by atoms with van der Waals surface area (Å²) in [6, 6.07) is 0. The molecular weight excluding hydrogens is 200 g/mol. The summed E-state index contributed by atoms with van der Waals surface area (Å²) < 4.78 is 0. The number of hydrogen-bond donors (Lipinski definition) is 2. The summed E-state index contributed by atoms with van der Waals surface area (Å²) in [7, 11) is 0. The Morgan fingerprint density at radius 3 is 2.00 bits per heavy atom. The molecule has 4 saturated carbocycles. The molecule has 16 heavy (non-hydrogen) atoms. The zero-order chi connectivity index (χ0) is 11.5. The standard InChI is InChI=1S/C14H24O2/c1-8(15)13-12-4-10-3-11(5-12)7-14(13,6-10)9(2)16/h8-13,15-16H,3-7H2,1-2H3. The second-order valence-electron chi connectivity index (χ2n) is 6.78. The van der Waals surface area contributed by atoms with Gasteiger partial charge in [-0.05, 0) is 69.6 Å². The zero-order valence-corrected chi connectivity index (χ0v) is 10.4. The van der Waals surface area contributed by atoms with E-state index in [-0.39, 0.29) is 17.6 Å². The van der Waals surface area contributed by atoms with Gasteiger partial charge in [-0.1, -0.05) is 0 Å². The van der Waals surface area contributed by atoms with Crippen LogP contribution in [0.25, 0.3) is 0 Å². The molecule has 5 unspecified atom stereocenters. The molecule has 0 amide bonds. The fourth-order valence-electron chi connectivity index (χ4n) is 5.64. The van der Waals surface area contributed by atoms with E-state index in [0.29, 0.717) is 11.8 Å². The second-order valence-corrected chi connectivity index (χ2v) is 6.78. The first-order valence-electron chi connectivity index (χ1n) is 6.89. The molecule has 0 aromatic heterocycles. The minimum Gasteiger partial charge on any atom is -0.393 e. The van der Waals surface area contributed by atoms with Crippen molar-refractivity contribution in [3.63, 3.8) is 0 Å². The summed E-state index contributed by atoms with van der Waals surface area (Å²) in [5.74, 6) is 2.70. The minimum atomic E-state index is -0.250. The molecule has 4 bridgehead atoms. The molecule has 0 aromatic rings. The highest BCUT2D eigenvalue weighted by molar-refractivity contribution is 5.09. The molecule has 2 nitrogen and oxygen atoms in total. The van der Waals surface area contributed by atoms with E-state index in [1.165, 1.54) is 19.3 Å². The average Bonchev–Trinajstić information content (AvgIpc) is 2.14. The van der Waals surface area contributed by atoms with Crippen LogP contribution in [-0.4, -0.2) is 22.4 Å². The molecule has 0 spiro atoms. The van der Waals surface area contributed by atoms with Crippen molar-refractivity contribution in [1.82, 2.24) is 0 Å². The third-order valence-corrected chi connectivity index (χ3v) is 5.80. The van der Waals surface area contributed by atoms with Crippen molar-refractivity contribution in [2.75, 3.05) is 0 Å². The Morgan fingerprint density at radius 1 is 1.00 bits per heavy atom. The number of aliphatic hydroxyl groups is 2. The summed E-state index contributed by atoms with van der Waals surface area (Å²) in [6.07, 6.45) is 5.82. The lowest BCUT2D eigenvalue weighted by Crippen LogP contribution is -2.59. The molecular formula is C14H24O2. The molecule has 4 fully saturated rings. The van der Waals surface area contributed by atoms with Crippen LogP contribution in [0, 0.1) is 29.1 Å². The lowest BCUT2D eigenvalue weighted by Gasteiger charge is -2.63. The topological polar surface area (TPSA) is 40.5 Å².